The fraction of sp³-hybridized carbons (Fsp3) is 0.733. The molecule has 0 atom stereocenters. The van der Waals surface area contributed by atoms with E-state index in [9.17, 15) is 0 Å². The molecule has 1 aromatic rings. The number of aryl methyl sites for hydroxylation is 1. The summed E-state index contributed by atoms with van der Waals surface area (Å²) in [7, 11) is 0. The molecule has 0 spiro atoms. The molecular weight excluding hydrogens is 236 g/mol. The van der Waals surface area contributed by atoms with Crippen molar-refractivity contribution in [1.29, 1.82) is 0 Å². The maximum atomic E-state index is 6.18. The van der Waals surface area contributed by atoms with E-state index in [1.807, 2.05) is 0 Å². The first-order chi connectivity index (χ1) is 9.34. The molecule has 0 unspecified atom stereocenters. The highest BCUT2D eigenvalue weighted by Gasteiger charge is 2.18. The molecule has 1 fully saturated rings. The number of hydrogen-bond donors (Lipinski definition) is 1. The van der Waals surface area contributed by atoms with Crippen LogP contribution >= 0.6 is 0 Å². The zero-order chi connectivity index (χ0) is 13.1. The Bertz CT molecular complexity index is 436. The topological polar surface area (TPSA) is 55.0 Å². The van der Waals surface area contributed by atoms with Gasteiger partial charge in [-0.3, -0.25) is 0 Å². The van der Waals surface area contributed by atoms with Crippen molar-refractivity contribution in [2.24, 2.45) is 0 Å². The van der Waals surface area contributed by atoms with Crippen LogP contribution in [0.4, 0.5) is 11.8 Å². The van der Waals surface area contributed by atoms with E-state index in [2.05, 4.69) is 9.88 Å². The first-order valence-corrected chi connectivity index (χ1v) is 7.75. The summed E-state index contributed by atoms with van der Waals surface area (Å²) in [5.74, 6) is 1.60. The quantitative estimate of drug-likeness (QED) is 0.789. The van der Waals surface area contributed by atoms with Gasteiger partial charge < -0.3 is 10.6 Å². The fourth-order valence-corrected chi connectivity index (χ4v) is 3.20. The summed E-state index contributed by atoms with van der Waals surface area (Å²) in [6.07, 6.45) is 11.0. The van der Waals surface area contributed by atoms with Gasteiger partial charge in [0.1, 0.15) is 5.82 Å². The molecule has 0 amide bonds. The second-order valence-electron chi connectivity index (χ2n) is 5.80. The fourth-order valence-electron chi connectivity index (χ4n) is 3.20. The molecule has 1 aliphatic carbocycles. The molecule has 104 valence electrons. The lowest BCUT2D eigenvalue weighted by Gasteiger charge is -2.22. The molecule has 2 heterocycles. The summed E-state index contributed by atoms with van der Waals surface area (Å²) in [5.41, 5.74) is 8.61. The van der Waals surface area contributed by atoms with Gasteiger partial charge in [-0.2, -0.15) is 4.98 Å². The minimum Gasteiger partial charge on any atom is -0.383 e. The van der Waals surface area contributed by atoms with Crippen molar-refractivity contribution >= 4 is 11.8 Å². The summed E-state index contributed by atoms with van der Waals surface area (Å²) in [6, 6.07) is 0. The molecule has 4 nitrogen and oxygen atoms in total. The predicted octanol–water partition coefficient (Wildman–Crippen LogP) is 2.71. The predicted molar refractivity (Wildman–Crippen MR) is 78.4 cm³/mol. The molecule has 2 aliphatic rings. The summed E-state index contributed by atoms with van der Waals surface area (Å²) in [6.45, 7) is 2.16. The summed E-state index contributed by atoms with van der Waals surface area (Å²) in [4.78, 5) is 11.7. The van der Waals surface area contributed by atoms with Crippen LogP contribution in [-0.4, -0.2) is 23.1 Å². The van der Waals surface area contributed by atoms with Gasteiger partial charge in [-0.25, -0.2) is 4.98 Å². The lowest BCUT2D eigenvalue weighted by molar-refractivity contribution is 0.707. The van der Waals surface area contributed by atoms with E-state index in [4.69, 9.17) is 10.7 Å². The third kappa shape index (κ3) is 2.82. The smallest absolute Gasteiger partial charge is 0.227 e. The van der Waals surface area contributed by atoms with Crippen LogP contribution in [0.3, 0.4) is 0 Å². The third-order valence-electron chi connectivity index (χ3n) is 4.34. The zero-order valence-corrected chi connectivity index (χ0v) is 11.7. The van der Waals surface area contributed by atoms with Gasteiger partial charge in [-0.05, 0) is 38.5 Å². The Morgan fingerprint density at radius 1 is 0.789 bits per heavy atom. The van der Waals surface area contributed by atoms with Crippen LogP contribution in [-0.2, 0) is 12.8 Å². The number of aromatic nitrogens is 2. The number of nitrogens with zero attached hydrogens (tertiary/aromatic N) is 3. The lowest BCUT2D eigenvalue weighted by atomic mass is 10.1. The molecule has 2 N–H and O–H groups in total. The van der Waals surface area contributed by atoms with E-state index in [1.165, 1.54) is 56.2 Å². The Morgan fingerprint density at radius 3 is 2.26 bits per heavy atom. The Kier molecular flexibility index (Phi) is 3.85. The average molecular weight is 260 g/mol. The SMILES string of the molecule is Nc1nc(N2CCCCCC2)nc2c1CCCCC2. The summed E-state index contributed by atoms with van der Waals surface area (Å²) in [5, 5.41) is 0. The highest BCUT2D eigenvalue weighted by atomic mass is 15.3. The van der Waals surface area contributed by atoms with E-state index in [0.29, 0.717) is 0 Å². The molecule has 4 heteroatoms. The standard InChI is InChI=1S/C15H24N4/c16-14-12-8-4-3-5-9-13(12)17-15(18-14)19-10-6-1-2-7-11-19/h1-11H2,(H2,16,17,18). The van der Waals surface area contributed by atoms with Crippen LogP contribution in [0.1, 0.15) is 56.2 Å². The van der Waals surface area contributed by atoms with Crippen LogP contribution in [0.15, 0.2) is 0 Å². The molecular formula is C15H24N4. The molecule has 1 aliphatic heterocycles. The first-order valence-electron chi connectivity index (χ1n) is 7.75. The number of rotatable bonds is 1. The van der Waals surface area contributed by atoms with Crippen LogP contribution < -0.4 is 10.6 Å². The van der Waals surface area contributed by atoms with Crippen molar-refractivity contribution < 1.29 is 0 Å². The lowest BCUT2D eigenvalue weighted by Crippen LogP contribution is -2.27. The third-order valence-corrected chi connectivity index (χ3v) is 4.34. The number of anilines is 2. The normalized spacial score (nSPS) is 20.5. The maximum Gasteiger partial charge on any atom is 0.227 e. The largest absolute Gasteiger partial charge is 0.383 e. The van der Waals surface area contributed by atoms with Gasteiger partial charge >= 0.3 is 0 Å². The van der Waals surface area contributed by atoms with Crippen molar-refractivity contribution in [3.63, 3.8) is 0 Å². The monoisotopic (exact) mass is 260 g/mol. The second-order valence-corrected chi connectivity index (χ2v) is 5.80. The molecule has 1 saturated heterocycles. The van der Waals surface area contributed by atoms with Crippen molar-refractivity contribution in [2.45, 2.75) is 57.8 Å². The molecule has 0 aromatic carbocycles. The molecule has 3 rings (SSSR count). The van der Waals surface area contributed by atoms with Gasteiger partial charge in [0.25, 0.3) is 0 Å². The number of fused-ring (bicyclic) bond motifs is 1. The molecule has 0 saturated carbocycles. The highest BCUT2D eigenvalue weighted by Crippen LogP contribution is 2.26. The van der Waals surface area contributed by atoms with Gasteiger partial charge in [-0.15, -0.1) is 0 Å². The Balaban J connectivity index is 1.89. The van der Waals surface area contributed by atoms with Crippen LogP contribution in [0.2, 0.25) is 0 Å². The molecule has 19 heavy (non-hydrogen) atoms. The van der Waals surface area contributed by atoms with Crippen molar-refractivity contribution in [3.05, 3.63) is 11.3 Å². The highest BCUT2D eigenvalue weighted by molar-refractivity contribution is 5.48. The Labute approximate surface area is 115 Å². The first kappa shape index (κ1) is 12.7. The zero-order valence-electron chi connectivity index (χ0n) is 11.7. The average Bonchev–Trinajstić information content (AvgIpc) is 2.81. The van der Waals surface area contributed by atoms with E-state index < -0.39 is 0 Å². The maximum absolute atomic E-state index is 6.18. The number of nitrogen functional groups attached to an aromatic ring is 1. The van der Waals surface area contributed by atoms with Crippen LogP contribution in [0.5, 0.6) is 0 Å². The second kappa shape index (κ2) is 5.76. The van der Waals surface area contributed by atoms with E-state index in [0.717, 1.165) is 37.7 Å². The minimum atomic E-state index is 0.728. The van der Waals surface area contributed by atoms with Crippen molar-refractivity contribution in [2.75, 3.05) is 23.7 Å². The summed E-state index contributed by atoms with van der Waals surface area (Å²) >= 11 is 0. The van der Waals surface area contributed by atoms with Crippen LogP contribution in [0.25, 0.3) is 0 Å². The van der Waals surface area contributed by atoms with Gasteiger partial charge in [0.05, 0.1) is 5.69 Å². The van der Waals surface area contributed by atoms with Gasteiger partial charge in [0, 0.05) is 18.7 Å². The number of hydrogen-bond acceptors (Lipinski definition) is 4. The minimum absolute atomic E-state index is 0.728. The molecule has 0 radical (unpaired) electrons. The van der Waals surface area contributed by atoms with E-state index in [-0.39, 0.29) is 0 Å². The molecule has 0 bridgehead atoms. The van der Waals surface area contributed by atoms with Gasteiger partial charge in [0.2, 0.25) is 5.95 Å². The summed E-state index contributed by atoms with van der Waals surface area (Å²) < 4.78 is 0. The van der Waals surface area contributed by atoms with Crippen LogP contribution in [0, 0.1) is 0 Å². The van der Waals surface area contributed by atoms with Crippen molar-refractivity contribution in [1.82, 2.24) is 9.97 Å². The van der Waals surface area contributed by atoms with E-state index in [1.54, 1.807) is 0 Å². The van der Waals surface area contributed by atoms with Gasteiger partial charge in [-0.1, -0.05) is 19.3 Å². The Hall–Kier alpha value is -1.32. The molecule has 1 aromatic heterocycles. The van der Waals surface area contributed by atoms with Crippen molar-refractivity contribution in [3.8, 4) is 0 Å². The number of nitrogens with two attached hydrogens (primary N) is 1. The van der Waals surface area contributed by atoms with Gasteiger partial charge in [0.15, 0.2) is 0 Å². The van der Waals surface area contributed by atoms with E-state index >= 15 is 0 Å². The Morgan fingerprint density at radius 2 is 1.47 bits per heavy atom.